The maximum absolute atomic E-state index is 14.5. The Hall–Kier alpha value is -2.70. The molecule has 1 aromatic heterocycles. The number of carbonyl (C=O) groups excluding carboxylic acids is 2. The molecule has 0 spiro atoms. The Kier molecular flexibility index (Phi) is 4.91. The van der Waals surface area contributed by atoms with Crippen LogP contribution in [0.4, 0.5) is 4.39 Å². The van der Waals surface area contributed by atoms with E-state index in [9.17, 15) is 14.0 Å². The molecule has 2 fully saturated rings. The van der Waals surface area contributed by atoms with Gasteiger partial charge >= 0.3 is 0 Å². The van der Waals surface area contributed by atoms with Crippen LogP contribution in [-0.4, -0.2) is 45.9 Å². The Balaban J connectivity index is 1.54. The molecule has 1 N–H and O–H groups in total. The standard InChI is InChI=1S/C21H25FN4O2/c1-13-4-3-5-16(19(13)22)21(28)26-10-15(8-24-20(27)14-6-7-14)17(11-26)18-9-23-12-25(18)2/h3-5,9,12,14-15,17H,6-8,10-11H2,1-2H3,(H,24,27)/t15-,17-/m1/s1. The number of rotatable bonds is 5. The third kappa shape index (κ3) is 3.53. The summed E-state index contributed by atoms with van der Waals surface area (Å²) in [6.07, 6.45) is 5.46. The first-order chi connectivity index (χ1) is 13.5. The van der Waals surface area contributed by atoms with Gasteiger partial charge in [0.05, 0.1) is 11.9 Å². The fourth-order valence-corrected chi connectivity index (χ4v) is 4.01. The Morgan fingerprint density at radius 3 is 2.75 bits per heavy atom. The third-order valence-electron chi connectivity index (χ3n) is 5.87. The van der Waals surface area contributed by atoms with Crippen molar-refractivity contribution in [2.24, 2.45) is 18.9 Å². The van der Waals surface area contributed by atoms with Crippen LogP contribution in [0.3, 0.4) is 0 Å². The Bertz CT molecular complexity index is 906. The van der Waals surface area contributed by atoms with Crippen molar-refractivity contribution in [2.75, 3.05) is 19.6 Å². The average molecular weight is 384 g/mol. The van der Waals surface area contributed by atoms with E-state index in [-0.39, 0.29) is 35.1 Å². The molecule has 1 saturated carbocycles. The molecule has 148 valence electrons. The average Bonchev–Trinajstić information content (AvgIpc) is 3.32. The first kappa shape index (κ1) is 18.7. The van der Waals surface area contributed by atoms with E-state index in [1.54, 1.807) is 30.3 Å². The van der Waals surface area contributed by atoms with Gasteiger partial charge in [-0.25, -0.2) is 9.37 Å². The van der Waals surface area contributed by atoms with Crippen LogP contribution in [0.2, 0.25) is 0 Å². The van der Waals surface area contributed by atoms with Gasteiger partial charge in [0.15, 0.2) is 0 Å². The molecule has 7 heteroatoms. The fourth-order valence-electron chi connectivity index (χ4n) is 4.01. The van der Waals surface area contributed by atoms with Crippen LogP contribution in [0.1, 0.15) is 40.4 Å². The van der Waals surface area contributed by atoms with Gasteiger partial charge in [0.2, 0.25) is 5.91 Å². The molecule has 1 saturated heterocycles. The lowest BCUT2D eigenvalue weighted by Gasteiger charge is -2.18. The minimum atomic E-state index is -0.463. The first-order valence-corrected chi connectivity index (χ1v) is 9.74. The van der Waals surface area contributed by atoms with Crippen LogP contribution in [0.5, 0.6) is 0 Å². The molecule has 2 amide bonds. The van der Waals surface area contributed by atoms with Crippen molar-refractivity contribution in [1.82, 2.24) is 19.8 Å². The van der Waals surface area contributed by atoms with Crippen LogP contribution in [0, 0.1) is 24.6 Å². The molecule has 1 aliphatic heterocycles. The van der Waals surface area contributed by atoms with Crippen molar-refractivity contribution >= 4 is 11.8 Å². The second kappa shape index (κ2) is 7.37. The summed E-state index contributed by atoms with van der Waals surface area (Å²) < 4.78 is 16.4. The van der Waals surface area contributed by atoms with Gasteiger partial charge in [-0.05, 0) is 31.4 Å². The van der Waals surface area contributed by atoms with Crippen molar-refractivity contribution in [3.8, 4) is 0 Å². The van der Waals surface area contributed by atoms with E-state index in [1.807, 2.05) is 17.8 Å². The second-order valence-electron chi connectivity index (χ2n) is 7.96. The normalized spacial score (nSPS) is 21.8. The van der Waals surface area contributed by atoms with Gasteiger partial charge < -0.3 is 14.8 Å². The lowest BCUT2D eigenvalue weighted by atomic mass is 9.93. The molecule has 1 aliphatic carbocycles. The van der Waals surface area contributed by atoms with Gasteiger partial charge in [0.25, 0.3) is 5.91 Å². The van der Waals surface area contributed by atoms with Crippen molar-refractivity contribution < 1.29 is 14.0 Å². The lowest BCUT2D eigenvalue weighted by molar-refractivity contribution is -0.122. The highest BCUT2D eigenvalue weighted by molar-refractivity contribution is 5.95. The molecule has 0 unspecified atom stereocenters. The smallest absolute Gasteiger partial charge is 0.256 e. The zero-order valence-corrected chi connectivity index (χ0v) is 16.2. The number of amides is 2. The monoisotopic (exact) mass is 384 g/mol. The molecule has 28 heavy (non-hydrogen) atoms. The topological polar surface area (TPSA) is 67.2 Å². The highest BCUT2D eigenvalue weighted by Gasteiger charge is 2.39. The third-order valence-corrected chi connectivity index (χ3v) is 5.87. The molecule has 1 aromatic carbocycles. The van der Waals surface area contributed by atoms with Crippen molar-refractivity contribution in [1.29, 1.82) is 0 Å². The molecule has 4 rings (SSSR count). The fraction of sp³-hybridized carbons (Fsp3) is 0.476. The largest absolute Gasteiger partial charge is 0.355 e. The maximum atomic E-state index is 14.5. The number of imidazole rings is 1. The highest BCUT2D eigenvalue weighted by atomic mass is 19.1. The zero-order chi connectivity index (χ0) is 19.8. The predicted molar refractivity (Wildman–Crippen MR) is 102 cm³/mol. The van der Waals surface area contributed by atoms with Crippen LogP contribution >= 0.6 is 0 Å². The lowest BCUT2D eigenvalue weighted by Crippen LogP contribution is -2.34. The Morgan fingerprint density at radius 2 is 2.07 bits per heavy atom. The number of nitrogens with one attached hydrogen (secondary N) is 1. The Morgan fingerprint density at radius 1 is 1.29 bits per heavy atom. The number of hydrogen-bond donors (Lipinski definition) is 1. The van der Waals surface area contributed by atoms with Gasteiger partial charge in [-0.1, -0.05) is 12.1 Å². The number of hydrogen-bond acceptors (Lipinski definition) is 3. The summed E-state index contributed by atoms with van der Waals surface area (Å²) in [5, 5.41) is 3.04. The number of likely N-dealkylation sites (tertiary alicyclic amines) is 1. The van der Waals surface area contributed by atoms with E-state index >= 15 is 0 Å². The van der Waals surface area contributed by atoms with E-state index in [2.05, 4.69) is 10.3 Å². The molecular formula is C21H25FN4O2. The first-order valence-electron chi connectivity index (χ1n) is 9.74. The summed E-state index contributed by atoms with van der Waals surface area (Å²) in [7, 11) is 1.92. The predicted octanol–water partition coefficient (Wildman–Crippen LogP) is 2.25. The van der Waals surface area contributed by atoms with Crippen molar-refractivity contribution in [3.05, 3.63) is 53.4 Å². The molecule has 2 aromatic rings. The summed E-state index contributed by atoms with van der Waals surface area (Å²) in [6, 6.07) is 4.89. The molecule has 2 atom stereocenters. The summed E-state index contributed by atoms with van der Waals surface area (Å²) in [6.45, 7) is 3.12. The SMILES string of the molecule is Cc1cccc(C(=O)N2C[C@@H](CNC(=O)C3CC3)[C@H](c3cncn3C)C2)c1F. The number of aromatic nitrogens is 2. The number of nitrogens with zero attached hydrogens (tertiary/aromatic N) is 3. The van der Waals surface area contributed by atoms with Gasteiger partial charge in [-0.3, -0.25) is 9.59 Å². The number of benzene rings is 1. The highest BCUT2D eigenvalue weighted by Crippen LogP contribution is 2.34. The van der Waals surface area contributed by atoms with Gasteiger partial charge in [-0.15, -0.1) is 0 Å². The number of halogens is 1. The summed E-state index contributed by atoms with van der Waals surface area (Å²) >= 11 is 0. The maximum Gasteiger partial charge on any atom is 0.256 e. The van der Waals surface area contributed by atoms with Crippen LogP contribution < -0.4 is 5.32 Å². The van der Waals surface area contributed by atoms with E-state index in [0.29, 0.717) is 25.2 Å². The molecule has 2 aliphatic rings. The molecule has 6 nitrogen and oxygen atoms in total. The Labute approximate surface area is 163 Å². The minimum absolute atomic E-state index is 0.0452. The molecule has 0 bridgehead atoms. The summed E-state index contributed by atoms with van der Waals surface area (Å²) in [5.74, 6) is -0.410. The van der Waals surface area contributed by atoms with Gasteiger partial charge in [-0.2, -0.15) is 0 Å². The summed E-state index contributed by atoms with van der Waals surface area (Å²) in [5.41, 5.74) is 1.58. The minimum Gasteiger partial charge on any atom is -0.355 e. The van der Waals surface area contributed by atoms with E-state index in [1.165, 1.54) is 6.07 Å². The number of aryl methyl sites for hydroxylation is 2. The summed E-state index contributed by atoms with van der Waals surface area (Å²) in [4.78, 5) is 31.0. The quantitative estimate of drug-likeness (QED) is 0.860. The van der Waals surface area contributed by atoms with E-state index in [4.69, 9.17) is 0 Å². The second-order valence-corrected chi connectivity index (χ2v) is 7.96. The molecule has 2 heterocycles. The van der Waals surface area contributed by atoms with Gasteiger partial charge in [0.1, 0.15) is 5.82 Å². The van der Waals surface area contributed by atoms with E-state index < -0.39 is 5.82 Å². The van der Waals surface area contributed by atoms with E-state index in [0.717, 1.165) is 18.5 Å². The number of carbonyl (C=O) groups is 2. The van der Waals surface area contributed by atoms with Crippen LogP contribution in [0.25, 0.3) is 0 Å². The zero-order valence-electron chi connectivity index (χ0n) is 16.2. The molecular weight excluding hydrogens is 359 g/mol. The van der Waals surface area contributed by atoms with Crippen LogP contribution in [-0.2, 0) is 11.8 Å². The van der Waals surface area contributed by atoms with Crippen LogP contribution in [0.15, 0.2) is 30.7 Å². The van der Waals surface area contributed by atoms with Crippen molar-refractivity contribution in [2.45, 2.75) is 25.7 Å². The molecule has 0 radical (unpaired) electrons. The van der Waals surface area contributed by atoms with Crippen molar-refractivity contribution in [3.63, 3.8) is 0 Å². The van der Waals surface area contributed by atoms with Gasteiger partial charge in [0, 0.05) is 56.3 Å².